The highest BCUT2D eigenvalue weighted by molar-refractivity contribution is 8.17. The van der Waals surface area contributed by atoms with Gasteiger partial charge in [0.1, 0.15) is 11.8 Å². The van der Waals surface area contributed by atoms with E-state index in [1.807, 2.05) is 0 Å². The van der Waals surface area contributed by atoms with Gasteiger partial charge in [-0.15, -0.1) is 0 Å². The van der Waals surface area contributed by atoms with Crippen LogP contribution in [0.15, 0.2) is 20.5 Å². The van der Waals surface area contributed by atoms with E-state index in [2.05, 4.69) is 16.9 Å². The molecule has 1 saturated heterocycles. The molecular formula is C21H28N4O4S. The lowest BCUT2D eigenvalue weighted by Crippen LogP contribution is -2.50. The minimum atomic E-state index is -0.329. The molecule has 8 nitrogen and oxygen atoms in total. The Morgan fingerprint density at radius 1 is 1.17 bits per heavy atom. The number of carbonyl (C=O) groups is 3. The molecule has 9 heteroatoms. The zero-order chi connectivity index (χ0) is 21.3. The molecule has 0 saturated carbocycles. The van der Waals surface area contributed by atoms with Crippen molar-refractivity contribution >= 4 is 40.5 Å². The number of nitrogens with zero attached hydrogens (tertiary/aromatic N) is 4. The van der Waals surface area contributed by atoms with Gasteiger partial charge in [-0.25, -0.2) is 9.79 Å². The van der Waals surface area contributed by atoms with E-state index in [1.165, 1.54) is 10.5 Å². The number of fused-ring (bicyclic) bond motifs is 2. The maximum Gasteiger partial charge on any atom is 0.409 e. The molecule has 0 radical (unpaired) electrons. The second-order valence-corrected chi connectivity index (χ2v) is 9.33. The van der Waals surface area contributed by atoms with Crippen LogP contribution in [0.4, 0.5) is 4.79 Å². The molecule has 1 fully saturated rings. The van der Waals surface area contributed by atoms with Crippen molar-refractivity contribution in [3.63, 3.8) is 0 Å². The molecule has 3 heterocycles. The van der Waals surface area contributed by atoms with Gasteiger partial charge in [-0.3, -0.25) is 9.59 Å². The molecule has 2 unspecified atom stereocenters. The number of aliphatic imine (C=N–C) groups is 2. The van der Waals surface area contributed by atoms with Gasteiger partial charge in [-0.2, -0.15) is 4.99 Å². The van der Waals surface area contributed by atoms with Crippen LogP contribution < -0.4 is 0 Å². The Bertz CT molecular complexity index is 842. The highest BCUT2D eigenvalue weighted by Crippen LogP contribution is 2.48. The largest absolute Gasteiger partial charge is 0.450 e. The first kappa shape index (κ1) is 21.1. The topological polar surface area (TPSA) is 91.6 Å². The normalized spacial score (nSPS) is 26.1. The molecule has 0 spiro atoms. The molecule has 0 aromatic heterocycles. The fourth-order valence-corrected chi connectivity index (χ4v) is 5.85. The monoisotopic (exact) mass is 432 g/mol. The predicted octanol–water partition coefficient (Wildman–Crippen LogP) is 2.84. The molecule has 0 bridgehead atoms. The Morgan fingerprint density at radius 3 is 2.63 bits per heavy atom. The first-order valence-electron chi connectivity index (χ1n) is 10.8. The number of amidine groups is 1. The van der Waals surface area contributed by atoms with Gasteiger partial charge < -0.3 is 14.5 Å². The van der Waals surface area contributed by atoms with Gasteiger partial charge >= 0.3 is 6.09 Å². The van der Waals surface area contributed by atoms with Crippen molar-refractivity contribution in [2.75, 3.05) is 32.8 Å². The third-order valence-electron chi connectivity index (χ3n) is 6.07. The maximum absolute atomic E-state index is 12.7. The van der Waals surface area contributed by atoms with E-state index in [1.54, 1.807) is 28.5 Å². The maximum atomic E-state index is 12.7. The molecule has 4 rings (SSSR count). The van der Waals surface area contributed by atoms with E-state index >= 15 is 0 Å². The standard InChI is InChI=1S/C21H28N4O4S/c1-3-29-21(28)25-10-8-24(9-11-25)17(26)7-6-16-22-19(27)18-14-5-4-13(2)12-15(14)30-20(18)23-16/h13,18H,3-12H2,1-2H3. The average molecular weight is 433 g/mol. The lowest BCUT2D eigenvalue weighted by molar-refractivity contribution is -0.132. The number of allylic oxidation sites excluding steroid dienone is 1. The summed E-state index contributed by atoms with van der Waals surface area (Å²) in [4.78, 5) is 50.5. The van der Waals surface area contributed by atoms with Crippen molar-refractivity contribution < 1.29 is 19.1 Å². The van der Waals surface area contributed by atoms with Crippen molar-refractivity contribution in [3.8, 4) is 0 Å². The summed E-state index contributed by atoms with van der Waals surface area (Å²) >= 11 is 1.64. The molecule has 0 aromatic carbocycles. The highest BCUT2D eigenvalue weighted by Gasteiger charge is 2.41. The van der Waals surface area contributed by atoms with Crippen LogP contribution in [0, 0.1) is 11.8 Å². The quantitative estimate of drug-likeness (QED) is 0.681. The molecule has 0 aromatic rings. The minimum Gasteiger partial charge on any atom is -0.450 e. The Balaban J connectivity index is 1.29. The molecule has 3 amide bonds. The molecule has 30 heavy (non-hydrogen) atoms. The Hall–Kier alpha value is -2.16. The van der Waals surface area contributed by atoms with Crippen LogP contribution in [0.1, 0.15) is 46.0 Å². The first-order chi connectivity index (χ1) is 14.5. The van der Waals surface area contributed by atoms with E-state index in [4.69, 9.17) is 4.74 Å². The number of ether oxygens (including phenoxy) is 1. The predicted molar refractivity (Wildman–Crippen MR) is 115 cm³/mol. The van der Waals surface area contributed by atoms with Crippen LogP contribution in [0.25, 0.3) is 0 Å². The molecule has 162 valence electrons. The SMILES string of the molecule is CCOC(=O)N1CCN(C(=O)CCC2=NC(=O)C3C(=N2)SC2=C3CCC(C)C2)CC1. The van der Waals surface area contributed by atoms with Crippen molar-refractivity contribution in [1.82, 2.24) is 9.80 Å². The summed E-state index contributed by atoms with van der Waals surface area (Å²) in [7, 11) is 0. The summed E-state index contributed by atoms with van der Waals surface area (Å²) in [5, 5.41) is 0.847. The van der Waals surface area contributed by atoms with Crippen molar-refractivity contribution in [2.24, 2.45) is 21.8 Å². The zero-order valence-electron chi connectivity index (χ0n) is 17.6. The number of hydrogen-bond acceptors (Lipinski definition) is 6. The number of carbonyl (C=O) groups excluding carboxylic acids is 3. The number of rotatable bonds is 4. The van der Waals surface area contributed by atoms with Crippen molar-refractivity contribution in [3.05, 3.63) is 10.5 Å². The number of hydrogen-bond donors (Lipinski definition) is 0. The summed E-state index contributed by atoms with van der Waals surface area (Å²) in [5.41, 5.74) is 1.22. The summed E-state index contributed by atoms with van der Waals surface area (Å²) in [6.45, 7) is 6.29. The van der Waals surface area contributed by atoms with Crippen LogP contribution in [0.5, 0.6) is 0 Å². The zero-order valence-corrected chi connectivity index (χ0v) is 18.4. The van der Waals surface area contributed by atoms with Gasteiger partial charge in [0.2, 0.25) is 5.91 Å². The van der Waals surface area contributed by atoms with Crippen LogP contribution in [0.2, 0.25) is 0 Å². The number of piperazine rings is 1. The fourth-order valence-electron chi connectivity index (χ4n) is 4.37. The molecule has 2 atom stereocenters. The second-order valence-electron chi connectivity index (χ2n) is 8.21. The van der Waals surface area contributed by atoms with Gasteiger partial charge in [0.25, 0.3) is 5.91 Å². The van der Waals surface area contributed by atoms with Crippen LogP contribution >= 0.6 is 11.8 Å². The summed E-state index contributed by atoms with van der Waals surface area (Å²) < 4.78 is 5.01. The Kier molecular flexibility index (Phi) is 6.26. The van der Waals surface area contributed by atoms with Crippen LogP contribution in [0.3, 0.4) is 0 Å². The Labute approximate surface area is 180 Å². The summed E-state index contributed by atoms with van der Waals surface area (Å²) in [5.74, 6) is 0.714. The minimum absolute atomic E-state index is 0.00120. The van der Waals surface area contributed by atoms with Gasteiger partial charge in [0.15, 0.2) is 0 Å². The lowest BCUT2D eigenvalue weighted by atomic mass is 9.84. The molecule has 1 aliphatic carbocycles. The summed E-state index contributed by atoms with van der Waals surface area (Å²) in [6, 6.07) is 0. The van der Waals surface area contributed by atoms with Crippen LogP contribution in [-0.4, -0.2) is 71.4 Å². The highest BCUT2D eigenvalue weighted by atomic mass is 32.2. The Morgan fingerprint density at radius 2 is 1.90 bits per heavy atom. The van der Waals surface area contributed by atoms with E-state index < -0.39 is 0 Å². The molecule has 3 aliphatic heterocycles. The molecular weight excluding hydrogens is 404 g/mol. The summed E-state index contributed by atoms with van der Waals surface area (Å²) in [6.07, 6.45) is 3.40. The number of thioether (sulfide) groups is 1. The first-order valence-corrected chi connectivity index (χ1v) is 11.6. The third kappa shape index (κ3) is 4.31. The number of amides is 3. The lowest BCUT2D eigenvalue weighted by Gasteiger charge is -2.34. The van der Waals surface area contributed by atoms with E-state index in [0.29, 0.717) is 51.0 Å². The van der Waals surface area contributed by atoms with Gasteiger partial charge in [-0.1, -0.05) is 18.7 Å². The van der Waals surface area contributed by atoms with Gasteiger partial charge in [0, 0.05) is 39.0 Å². The van der Waals surface area contributed by atoms with Crippen molar-refractivity contribution in [2.45, 2.75) is 46.0 Å². The second kappa shape index (κ2) is 8.91. The van der Waals surface area contributed by atoms with E-state index in [9.17, 15) is 14.4 Å². The molecule has 0 N–H and O–H groups in total. The van der Waals surface area contributed by atoms with E-state index in [0.717, 1.165) is 24.3 Å². The van der Waals surface area contributed by atoms with Gasteiger partial charge in [-0.05, 0) is 42.6 Å². The average Bonchev–Trinajstić information content (AvgIpc) is 3.10. The van der Waals surface area contributed by atoms with E-state index in [-0.39, 0.29) is 30.2 Å². The fraction of sp³-hybridized carbons (Fsp3) is 0.667. The smallest absolute Gasteiger partial charge is 0.409 e. The third-order valence-corrected chi connectivity index (χ3v) is 7.28. The van der Waals surface area contributed by atoms with Crippen molar-refractivity contribution in [1.29, 1.82) is 0 Å². The van der Waals surface area contributed by atoms with Crippen LogP contribution in [-0.2, 0) is 14.3 Å². The molecule has 4 aliphatic rings. The van der Waals surface area contributed by atoms with Gasteiger partial charge in [0.05, 0.1) is 11.7 Å².